The quantitative estimate of drug-likeness (QED) is 0.934. The highest BCUT2D eigenvalue weighted by molar-refractivity contribution is 9.10. The molecule has 0 aliphatic rings. The highest BCUT2D eigenvalue weighted by atomic mass is 79.9. The van der Waals surface area contributed by atoms with Gasteiger partial charge in [0, 0.05) is 18.6 Å². The highest BCUT2D eigenvalue weighted by Crippen LogP contribution is 2.18. The van der Waals surface area contributed by atoms with Gasteiger partial charge in [0.1, 0.15) is 11.6 Å². The fourth-order valence-corrected chi connectivity index (χ4v) is 1.96. The first-order valence-corrected chi connectivity index (χ1v) is 6.66. The van der Waals surface area contributed by atoms with E-state index in [0.29, 0.717) is 10.2 Å². The molecule has 0 bridgehead atoms. The van der Waals surface area contributed by atoms with Gasteiger partial charge in [-0.1, -0.05) is 15.9 Å². The van der Waals surface area contributed by atoms with E-state index in [1.165, 1.54) is 18.3 Å². The minimum absolute atomic E-state index is 0.0175. The largest absolute Gasteiger partial charge is 0.363 e. The van der Waals surface area contributed by atoms with Crippen molar-refractivity contribution in [1.29, 1.82) is 0 Å². The van der Waals surface area contributed by atoms with Gasteiger partial charge in [-0.15, -0.1) is 0 Å². The molecule has 4 nitrogen and oxygen atoms in total. The Morgan fingerprint density at radius 1 is 1.30 bits per heavy atom. The molecule has 1 N–H and O–H groups in total. The van der Waals surface area contributed by atoms with Gasteiger partial charge in [-0.2, -0.15) is 0 Å². The van der Waals surface area contributed by atoms with E-state index < -0.39 is 11.7 Å². The Hall–Kier alpha value is -1.95. The second kappa shape index (κ2) is 6.00. The summed E-state index contributed by atoms with van der Waals surface area (Å²) in [6, 6.07) is 7.71. The SMILES string of the molecule is CN(C)c1ccc(NC(=O)c2cc(Br)ccc2F)cn1. The number of carbonyl (C=O) groups excluding carboxylic acids is 1. The van der Waals surface area contributed by atoms with E-state index in [0.717, 1.165) is 5.82 Å². The van der Waals surface area contributed by atoms with Crippen molar-refractivity contribution in [2.24, 2.45) is 0 Å². The number of pyridine rings is 1. The van der Waals surface area contributed by atoms with Gasteiger partial charge in [-0.25, -0.2) is 9.37 Å². The lowest BCUT2D eigenvalue weighted by Crippen LogP contribution is -2.15. The van der Waals surface area contributed by atoms with Gasteiger partial charge in [0.05, 0.1) is 17.4 Å². The molecular formula is C14H13BrFN3O. The molecule has 104 valence electrons. The minimum atomic E-state index is -0.566. The molecule has 1 amide bonds. The zero-order valence-corrected chi connectivity index (χ0v) is 12.6. The third kappa shape index (κ3) is 3.33. The number of amides is 1. The van der Waals surface area contributed by atoms with Crippen molar-refractivity contribution in [3.63, 3.8) is 0 Å². The molecule has 0 unspecified atom stereocenters. The standard InChI is InChI=1S/C14H13BrFN3O/c1-19(2)13-6-4-10(8-17-13)18-14(20)11-7-9(15)3-5-12(11)16/h3-8H,1-2H3,(H,18,20). The molecule has 0 saturated heterocycles. The zero-order valence-electron chi connectivity index (χ0n) is 11.0. The Morgan fingerprint density at radius 2 is 2.05 bits per heavy atom. The molecular weight excluding hydrogens is 325 g/mol. The maximum atomic E-state index is 13.6. The maximum absolute atomic E-state index is 13.6. The molecule has 1 aromatic carbocycles. The van der Waals surface area contributed by atoms with Crippen molar-refractivity contribution >= 4 is 33.3 Å². The van der Waals surface area contributed by atoms with Crippen LogP contribution in [0, 0.1) is 5.82 Å². The van der Waals surface area contributed by atoms with Crippen LogP contribution in [0.2, 0.25) is 0 Å². The van der Waals surface area contributed by atoms with Crippen molar-refractivity contribution in [3.8, 4) is 0 Å². The van der Waals surface area contributed by atoms with Crippen LogP contribution in [-0.2, 0) is 0 Å². The van der Waals surface area contributed by atoms with Crippen LogP contribution < -0.4 is 10.2 Å². The van der Waals surface area contributed by atoms with Gasteiger partial charge in [-0.3, -0.25) is 4.79 Å². The van der Waals surface area contributed by atoms with Crippen LogP contribution in [0.1, 0.15) is 10.4 Å². The summed E-state index contributed by atoms with van der Waals surface area (Å²) in [5, 5.41) is 2.61. The van der Waals surface area contributed by atoms with Gasteiger partial charge in [-0.05, 0) is 30.3 Å². The van der Waals surface area contributed by atoms with Crippen molar-refractivity contribution in [1.82, 2.24) is 4.98 Å². The summed E-state index contributed by atoms with van der Waals surface area (Å²) in [7, 11) is 3.74. The number of hydrogen-bond donors (Lipinski definition) is 1. The predicted octanol–water partition coefficient (Wildman–Crippen LogP) is 3.30. The van der Waals surface area contributed by atoms with Crippen molar-refractivity contribution < 1.29 is 9.18 Å². The van der Waals surface area contributed by atoms with Crippen LogP contribution in [0.4, 0.5) is 15.9 Å². The number of aromatic nitrogens is 1. The number of carbonyl (C=O) groups is 1. The van der Waals surface area contributed by atoms with E-state index in [1.807, 2.05) is 19.0 Å². The van der Waals surface area contributed by atoms with Gasteiger partial charge < -0.3 is 10.2 Å². The molecule has 2 rings (SSSR count). The molecule has 1 heterocycles. The number of nitrogens with one attached hydrogen (secondary N) is 1. The first-order chi connectivity index (χ1) is 9.47. The monoisotopic (exact) mass is 337 g/mol. The average Bonchev–Trinajstić information content (AvgIpc) is 2.42. The average molecular weight is 338 g/mol. The fourth-order valence-electron chi connectivity index (χ4n) is 1.59. The minimum Gasteiger partial charge on any atom is -0.363 e. The van der Waals surface area contributed by atoms with E-state index >= 15 is 0 Å². The van der Waals surface area contributed by atoms with Crippen LogP contribution >= 0.6 is 15.9 Å². The van der Waals surface area contributed by atoms with E-state index in [1.54, 1.807) is 18.2 Å². The summed E-state index contributed by atoms with van der Waals surface area (Å²) in [4.78, 5) is 18.0. The number of rotatable bonds is 3. The van der Waals surface area contributed by atoms with Gasteiger partial charge >= 0.3 is 0 Å². The lowest BCUT2D eigenvalue weighted by atomic mass is 10.2. The van der Waals surface area contributed by atoms with Crippen LogP contribution in [0.3, 0.4) is 0 Å². The van der Waals surface area contributed by atoms with Crippen molar-refractivity contribution in [2.45, 2.75) is 0 Å². The third-order valence-corrected chi connectivity index (χ3v) is 3.13. The summed E-state index contributed by atoms with van der Waals surface area (Å²) >= 11 is 3.21. The van der Waals surface area contributed by atoms with Crippen LogP contribution in [0.25, 0.3) is 0 Å². The molecule has 0 radical (unpaired) electrons. The molecule has 2 aromatic rings. The van der Waals surface area contributed by atoms with E-state index in [9.17, 15) is 9.18 Å². The fraction of sp³-hybridized carbons (Fsp3) is 0.143. The number of benzene rings is 1. The Morgan fingerprint density at radius 3 is 2.65 bits per heavy atom. The topological polar surface area (TPSA) is 45.2 Å². The smallest absolute Gasteiger partial charge is 0.258 e. The van der Waals surface area contributed by atoms with E-state index in [4.69, 9.17) is 0 Å². The molecule has 0 atom stereocenters. The third-order valence-electron chi connectivity index (χ3n) is 2.64. The molecule has 20 heavy (non-hydrogen) atoms. The van der Waals surface area contributed by atoms with Crippen molar-refractivity contribution in [3.05, 3.63) is 52.4 Å². The number of hydrogen-bond acceptors (Lipinski definition) is 3. The summed E-state index contributed by atoms with van der Waals surface area (Å²) in [5.41, 5.74) is 0.496. The van der Waals surface area contributed by atoms with Gasteiger partial charge in [0.15, 0.2) is 0 Å². The Labute approximate surface area is 124 Å². The van der Waals surface area contributed by atoms with Crippen molar-refractivity contribution in [2.75, 3.05) is 24.3 Å². The Bertz CT molecular complexity index is 629. The van der Waals surface area contributed by atoms with Crippen LogP contribution in [-0.4, -0.2) is 25.0 Å². The summed E-state index contributed by atoms with van der Waals surface area (Å²) in [6.07, 6.45) is 1.53. The Balaban J connectivity index is 2.17. The number of halogens is 2. The summed E-state index contributed by atoms with van der Waals surface area (Å²) < 4.78 is 14.2. The molecule has 0 spiro atoms. The first-order valence-electron chi connectivity index (χ1n) is 5.87. The summed E-state index contributed by atoms with van der Waals surface area (Å²) in [5.74, 6) is -0.302. The second-order valence-electron chi connectivity index (χ2n) is 4.38. The molecule has 6 heteroatoms. The molecule has 0 aliphatic carbocycles. The lowest BCUT2D eigenvalue weighted by Gasteiger charge is -2.12. The second-order valence-corrected chi connectivity index (χ2v) is 5.29. The van der Waals surface area contributed by atoms with E-state index in [2.05, 4.69) is 26.2 Å². The maximum Gasteiger partial charge on any atom is 0.258 e. The Kier molecular flexibility index (Phi) is 4.34. The normalized spacial score (nSPS) is 10.2. The molecule has 0 fully saturated rings. The molecule has 1 aromatic heterocycles. The van der Waals surface area contributed by atoms with Gasteiger partial charge in [0.25, 0.3) is 5.91 Å². The summed E-state index contributed by atoms with van der Waals surface area (Å²) in [6.45, 7) is 0. The molecule has 0 aliphatic heterocycles. The number of anilines is 2. The lowest BCUT2D eigenvalue weighted by molar-refractivity contribution is 0.102. The van der Waals surface area contributed by atoms with Crippen LogP contribution in [0.5, 0.6) is 0 Å². The predicted molar refractivity (Wildman–Crippen MR) is 80.6 cm³/mol. The first kappa shape index (κ1) is 14.5. The van der Waals surface area contributed by atoms with E-state index in [-0.39, 0.29) is 5.56 Å². The highest BCUT2D eigenvalue weighted by Gasteiger charge is 2.12. The zero-order chi connectivity index (χ0) is 14.7. The molecule has 0 saturated carbocycles. The van der Waals surface area contributed by atoms with Gasteiger partial charge in [0.2, 0.25) is 0 Å². The van der Waals surface area contributed by atoms with Crippen LogP contribution in [0.15, 0.2) is 41.0 Å². The number of nitrogens with zero attached hydrogens (tertiary/aromatic N) is 2.